The monoisotopic (exact) mass is 369 g/mol. The van der Waals surface area contributed by atoms with Gasteiger partial charge >= 0.3 is 0 Å². The highest BCUT2D eigenvalue weighted by Gasteiger charge is 2.10. The van der Waals surface area contributed by atoms with E-state index in [0.717, 1.165) is 17.8 Å². The number of hydrogen-bond donors (Lipinski definition) is 2. The summed E-state index contributed by atoms with van der Waals surface area (Å²) in [6.07, 6.45) is 0. The third-order valence-electron chi connectivity index (χ3n) is 2.84. The zero-order valence-corrected chi connectivity index (χ0v) is 13.8. The van der Waals surface area contributed by atoms with E-state index < -0.39 is 5.82 Å². The number of rotatable bonds is 4. The molecule has 0 spiro atoms. The third kappa shape index (κ3) is 3.72. The average Bonchev–Trinajstić information content (AvgIpc) is 2.97. The van der Waals surface area contributed by atoms with Crippen molar-refractivity contribution in [1.82, 2.24) is 9.97 Å². The van der Waals surface area contributed by atoms with Gasteiger partial charge < -0.3 is 10.3 Å². The molecule has 0 unspecified atom stereocenters. The van der Waals surface area contributed by atoms with Crippen LogP contribution in [0.15, 0.2) is 39.6 Å². The highest BCUT2D eigenvalue weighted by atomic mass is 35.5. The van der Waals surface area contributed by atoms with Crippen LogP contribution in [0.4, 0.5) is 10.1 Å². The molecule has 0 aliphatic rings. The van der Waals surface area contributed by atoms with Gasteiger partial charge in [-0.05, 0) is 29.6 Å². The Balaban J connectivity index is 1.67. The molecule has 0 fully saturated rings. The van der Waals surface area contributed by atoms with E-state index >= 15 is 0 Å². The first-order valence-corrected chi connectivity index (χ1v) is 8.62. The Kier molecular flexibility index (Phi) is 4.65. The molecular formula is C14H9ClFN3O2S2. The SMILES string of the molecule is O=C(CSc1nc2ccsc2c(=O)[nH]1)Nc1ccc(F)cc1Cl. The van der Waals surface area contributed by atoms with Gasteiger partial charge in [-0.3, -0.25) is 9.59 Å². The summed E-state index contributed by atoms with van der Waals surface area (Å²) in [5.74, 6) is -0.781. The molecule has 0 radical (unpaired) electrons. The summed E-state index contributed by atoms with van der Waals surface area (Å²) in [7, 11) is 0. The average molecular weight is 370 g/mol. The highest BCUT2D eigenvalue weighted by molar-refractivity contribution is 7.99. The van der Waals surface area contributed by atoms with Gasteiger partial charge in [0.25, 0.3) is 5.56 Å². The van der Waals surface area contributed by atoms with Crippen molar-refractivity contribution in [3.63, 3.8) is 0 Å². The normalized spacial score (nSPS) is 10.9. The van der Waals surface area contributed by atoms with E-state index in [1.54, 1.807) is 11.4 Å². The van der Waals surface area contributed by atoms with Crippen molar-refractivity contribution in [2.75, 3.05) is 11.1 Å². The van der Waals surface area contributed by atoms with E-state index in [1.807, 2.05) is 0 Å². The number of H-pyrrole nitrogens is 1. The smallest absolute Gasteiger partial charge is 0.269 e. The second-order valence-corrected chi connectivity index (χ2v) is 6.75. The number of thiophene rings is 1. The summed E-state index contributed by atoms with van der Waals surface area (Å²) in [4.78, 5) is 30.6. The van der Waals surface area contributed by atoms with E-state index in [1.165, 1.54) is 23.5 Å². The van der Waals surface area contributed by atoms with Crippen molar-refractivity contribution >= 4 is 56.5 Å². The Labute approximate surface area is 142 Å². The first-order valence-electron chi connectivity index (χ1n) is 6.38. The number of nitrogens with one attached hydrogen (secondary N) is 2. The van der Waals surface area contributed by atoms with Crippen LogP contribution in [-0.2, 0) is 4.79 Å². The minimum Gasteiger partial charge on any atom is -0.324 e. The van der Waals surface area contributed by atoms with Gasteiger partial charge in [0.2, 0.25) is 5.91 Å². The number of halogens is 2. The number of nitrogens with zero attached hydrogens (tertiary/aromatic N) is 1. The Hall–Kier alpha value is -1.90. The lowest BCUT2D eigenvalue weighted by atomic mass is 10.3. The number of fused-ring (bicyclic) bond motifs is 1. The van der Waals surface area contributed by atoms with Crippen LogP contribution < -0.4 is 10.9 Å². The number of amides is 1. The van der Waals surface area contributed by atoms with Gasteiger partial charge in [-0.1, -0.05) is 23.4 Å². The second-order valence-electron chi connectivity index (χ2n) is 4.47. The number of anilines is 1. The molecule has 118 valence electrons. The lowest BCUT2D eigenvalue weighted by molar-refractivity contribution is -0.113. The van der Waals surface area contributed by atoms with E-state index in [-0.39, 0.29) is 22.2 Å². The summed E-state index contributed by atoms with van der Waals surface area (Å²) in [5, 5.41) is 4.84. The van der Waals surface area contributed by atoms with E-state index in [2.05, 4.69) is 15.3 Å². The predicted octanol–water partition coefficient (Wildman–Crippen LogP) is 3.51. The van der Waals surface area contributed by atoms with Gasteiger partial charge in [-0.25, -0.2) is 9.37 Å². The van der Waals surface area contributed by atoms with Crippen LogP contribution in [0.5, 0.6) is 0 Å². The predicted molar refractivity (Wildman–Crippen MR) is 91.0 cm³/mol. The number of hydrogen-bond acceptors (Lipinski definition) is 5. The molecule has 0 aliphatic carbocycles. The zero-order chi connectivity index (χ0) is 16.4. The van der Waals surface area contributed by atoms with Crippen LogP contribution in [0, 0.1) is 5.82 Å². The van der Waals surface area contributed by atoms with Crippen molar-refractivity contribution in [1.29, 1.82) is 0 Å². The van der Waals surface area contributed by atoms with Crippen LogP contribution in [0.2, 0.25) is 5.02 Å². The molecule has 23 heavy (non-hydrogen) atoms. The lowest BCUT2D eigenvalue weighted by Crippen LogP contribution is -2.15. The van der Waals surface area contributed by atoms with Gasteiger partial charge in [-0.15, -0.1) is 11.3 Å². The van der Waals surface area contributed by atoms with Gasteiger partial charge in [0.1, 0.15) is 10.5 Å². The molecule has 3 rings (SSSR count). The van der Waals surface area contributed by atoms with Crippen molar-refractivity contribution in [2.45, 2.75) is 5.16 Å². The summed E-state index contributed by atoms with van der Waals surface area (Å²) in [6.45, 7) is 0. The summed E-state index contributed by atoms with van der Waals surface area (Å²) >= 11 is 8.25. The quantitative estimate of drug-likeness (QED) is 0.545. The lowest BCUT2D eigenvalue weighted by Gasteiger charge is -2.06. The van der Waals surface area contributed by atoms with Crippen LogP contribution >= 0.6 is 34.7 Å². The highest BCUT2D eigenvalue weighted by Crippen LogP contribution is 2.23. The van der Waals surface area contributed by atoms with Crippen LogP contribution in [0.3, 0.4) is 0 Å². The van der Waals surface area contributed by atoms with Gasteiger partial charge in [0, 0.05) is 0 Å². The molecule has 2 N–H and O–H groups in total. The standard InChI is InChI=1S/C14H9ClFN3O2S2/c15-8-5-7(16)1-2-9(8)17-11(20)6-23-14-18-10-3-4-22-12(10)13(21)19-14/h1-5H,6H2,(H,17,20)(H,18,19,21). The minimum absolute atomic E-state index is 0.0340. The molecule has 0 aliphatic heterocycles. The molecule has 1 aromatic carbocycles. The zero-order valence-electron chi connectivity index (χ0n) is 11.4. The van der Waals surface area contributed by atoms with Gasteiger partial charge in [0.05, 0.1) is 22.0 Å². The van der Waals surface area contributed by atoms with Crippen molar-refractivity contribution < 1.29 is 9.18 Å². The summed E-state index contributed by atoms with van der Waals surface area (Å²) < 4.78 is 13.5. The number of carbonyl (C=O) groups is 1. The first kappa shape index (κ1) is 16.0. The maximum atomic E-state index is 13.0. The molecule has 2 aromatic heterocycles. The number of carbonyl (C=O) groups excluding carboxylic acids is 1. The molecule has 0 bridgehead atoms. The second kappa shape index (κ2) is 6.69. The fraction of sp³-hybridized carbons (Fsp3) is 0.0714. The van der Waals surface area contributed by atoms with Crippen LogP contribution in [0.1, 0.15) is 0 Å². The molecule has 2 heterocycles. The van der Waals surface area contributed by atoms with E-state index in [4.69, 9.17) is 11.6 Å². The first-order chi connectivity index (χ1) is 11.0. The van der Waals surface area contributed by atoms with E-state index in [0.29, 0.717) is 21.1 Å². The fourth-order valence-electron chi connectivity index (χ4n) is 1.83. The molecule has 0 saturated heterocycles. The third-order valence-corrected chi connectivity index (χ3v) is 4.93. The summed E-state index contributed by atoms with van der Waals surface area (Å²) in [6, 6.07) is 5.46. The molecule has 9 heteroatoms. The van der Waals surface area contributed by atoms with Crippen molar-refractivity contribution in [3.05, 3.63) is 50.8 Å². The Morgan fingerprint density at radius 2 is 2.26 bits per heavy atom. The largest absolute Gasteiger partial charge is 0.324 e. The molecule has 0 atom stereocenters. The molecular weight excluding hydrogens is 361 g/mol. The summed E-state index contributed by atoms with van der Waals surface area (Å²) in [5.41, 5.74) is 0.700. The Bertz CT molecular complexity index is 941. The molecule has 1 amide bonds. The van der Waals surface area contributed by atoms with E-state index in [9.17, 15) is 14.0 Å². The Morgan fingerprint density at radius 1 is 1.43 bits per heavy atom. The number of aromatic nitrogens is 2. The number of aromatic amines is 1. The van der Waals surface area contributed by atoms with Crippen LogP contribution in [-0.4, -0.2) is 21.6 Å². The van der Waals surface area contributed by atoms with Crippen LogP contribution in [0.25, 0.3) is 10.2 Å². The van der Waals surface area contributed by atoms with Gasteiger partial charge in [-0.2, -0.15) is 0 Å². The van der Waals surface area contributed by atoms with Gasteiger partial charge in [0.15, 0.2) is 5.16 Å². The Morgan fingerprint density at radius 3 is 3.04 bits per heavy atom. The molecule has 0 saturated carbocycles. The van der Waals surface area contributed by atoms with Crippen molar-refractivity contribution in [3.8, 4) is 0 Å². The van der Waals surface area contributed by atoms with Crippen molar-refractivity contribution in [2.24, 2.45) is 0 Å². The number of benzene rings is 1. The number of thioether (sulfide) groups is 1. The maximum absolute atomic E-state index is 13.0. The maximum Gasteiger partial charge on any atom is 0.269 e. The molecule has 5 nitrogen and oxygen atoms in total. The molecule has 3 aromatic rings. The topological polar surface area (TPSA) is 74.8 Å². The minimum atomic E-state index is -0.479. The fourth-order valence-corrected chi connectivity index (χ4v) is 3.44.